The Balaban J connectivity index is 1.80. The normalized spacial score (nSPS) is 15.6. The molecule has 0 saturated heterocycles. The minimum atomic E-state index is -0.224. The second kappa shape index (κ2) is 5.95. The van der Waals surface area contributed by atoms with Gasteiger partial charge in [-0.05, 0) is 34.5 Å². The summed E-state index contributed by atoms with van der Waals surface area (Å²) in [4.78, 5) is 16.7. The minimum absolute atomic E-state index is 0.224. The van der Waals surface area contributed by atoms with E-state index in [0.29, 0.717) is 22.1 Å². The average Bonchev–Trinajstić information content (AvgIpc) is 2.96. The van der Waals surface area contributed by atoms with Crippen LogP contribution in [0.3, 0.4) is 0 Å². The van der Waals surface area contributed by atoms with Gasteiger partial charge in [-0.1, -0.05) is 66.2 Å². The van der Waals surface area contributed by atoms with Crippen LogP contribution < -0.4 is 5.32 Å². The van der Waals surface area contributed by atoms with Gasteiger partial charge in [-0.25, -0.2) is 4.99 Å². The lowest BCUT2D eigenvalue weighted by molar-refractivity contribution is -0.115. The van der Waals surface area contributed by atoms with Gasteiger partial charge in [0.05, 0.1) is 5.02 Å². The average molecular weight is 333 g/mol. The standard InChI is InChI=1S/C20H13ClN2O/c21-17-11-4-3-10-16(17)19-22-18(20(24)23-19)12-14-8-5-7-13-6-1-2-9-15(13)14/h1-12H,(H,22,23,24). The summed E-state index contributed by atoms with van der Waals surface area (Å²) in [5.41, 5.74) is 2.05. The van der Waals surface area contributed by atoms with Gasteiger partial charge in [-0.3, -0.25) is 4.79 Å². The van der Waals surface area contributed by atoms with Gasteiger partial charge in [0.15, 0.2) is 0 Å². The van der Waals surface area contributed by atoms with E-state index >= 15 is 0 Å². The van der Waals surface area contributed by atoms with Gasteiger partial charge in [-0.15, -0.1) is 0 Å². The maximum atomic E-state index is 12.3. The molecule has 0 aliphatic carbocycles. The molecule has 1 aliphatic heterocycles. The number of amides is 1. The van der Waals surface area contributed by atoms with Crippen LogP contribution in [-0.4, -0.2) is 11.7 Å². The molecule has 0 atom stereocenters. The van der Waals surface area contributed by atoms with Gasteiger partial charge >= 0.3 is 0 Å². The van der Waals surface area contributed by atoms with Crippen molar-refractivity contribution < 1.29 is 4.79 Å². The van der Waals surface area contributed by atoms with E-state index in [1.54, 1.807) is 6.07 Å². The van der Waals surface area contributed by atoms with Gasteiger partial charge in [0, 0.05) is 5.56 Å². The predicted molar refractivity (Wildman–Crippen MR) is 98.1 cm³/mol. The number of rotatable bonds is 2. The summed E-state index contributed by atoms with van der Waals surface area (Å²) in [6.45, 7) is 0. The van der Waals surface area contributed by atoms with Crippen molar-refractivity contribution in [3.05, 3.63) is 88.6 Å². The van der Waals surface area contributed by atoms with Crippen LogP contribution in [0, 0.1) is 0 Å². The molecule has 0 aromatic heterocycles. The van der Waals surface area contributed by atoms with Crippen LogP contribution in [0.5, 0.6) is 0 Å². The van der Waals surface area contributed by atoms with Crippen molar-refractivity contribution in [1.29, 1.82) is 0 Å². The molecule has 116 valence electrons. The molecule has 1 amide bonds. The molecular formula is C20H13ClN2O. The van der Waals surface area contributed by atoms with E-state index in [1.165, 1.54) is 0 Å². The monoisotopic (exact) mass is 332 g/mol. The van der Waals surface area contributed by atoms with E-state index in [2.05, 4.69) is 10.3 Å². The third-order valence-electron chi connectivity index (χ3n) is 3.94. The molecule has 1 heterocycles. The number of halogens is 1. The van der Waals surface area contributed by atoms with Gasteiger partial charge in [-0.2, -0.15) is 0 Å². The fraction of sp³-hybridized carbons (Fsp3) is 0. The van der Waals surface area contributed by atoms with E-state index in [1.807, 2.05) is 66.7 Å². The van der Waals surface area contributed by atoms with Crippen LogP contribution in [0.1, 0.15) is 11.1 Å². The van der Waals surface area contributed by atoms with Gasteiger partial charge in [0.25, 0.3) is 5.91 Å². The molecule has 0 spiro atoms. The quantitative estimate of drug-likeness (QED) is 0.694. The Kier molecular flexibility index (Phi) is 3.63. The van der Waals surface area contributed by atoms with Gasteiger partial charge in [0.1, 0.15) is 11.5 Å². The van der Waals surface area contributed by atoms with Crippen molar-refractivity contribution in [2.75, 3.05) is 0 Å². The molecule has 0 bridgehead atoms. The molecule has 3 nitrogen and oxygen atoms in total. The third kappa shape index (κ3) is 2.59. The van der Waals surface area contributed by atoms with Crippen LogP contribution in [0.4, 0.5) is 0 Å². The lowest BCUT2D eigenvalue weighted by Crippen LogP contribution is -2.24. The Hall–Kier alpha value is -2.91. The molecule has 4 heteroatoms. The van der Waals surface area contributed by atoms with E-state index in [4.69, 9.17) is 11.6 Å². The van der Waals surface area contributed by atoms with Crippen molar-refractivity contribution in [3.8, 4) is 0 Å². The van der Waals surface area contributed by atoms with E-state index < -0.39 is 0 Å². The first-order chi connectivity index (χ1) is 11.7. The molecule has 4 rings (SSSR count). The highest BCUT2D eigenvalue weighted by atomic mass is 35.5. The molecule has 1 aliphatic rings. The zero-order chi connectivity index (χ0) is 16.5. The number of carbonyl (C=O) groups excluding carboxylic acids is 1. The molecule has 0 unspecified atom stereocenters. The molecular weight excluding hydrogens is 320 g/mol. The molecule has 3 aromatic rings. The number of hydrogen-bond donors (Lipinski definition) is 1. The van der Waals surface area contributed by atoms with E-state index in [0.717, 1.165) is 16.3 Å². The SMILES string of the molecule is O=C1NC(c2ccccc2Cl)=NC1=Cc1cccc2ccccc12. The zero-order valence-electron chi connectivity index (χ0n) is 12.7. The van der Waals surface area contributed by atoms with E-state index in [9.17, 15) is 4.79 Å². The smallest absolute Gasteiger partial charge is 0.275 e. The summed E-state index contributed by atoms with van der Waals surface area (Å²) in [5.74, 6) is 0.259. The Morgan fingerprint density at radius 1 is 0.917 bits per heavy atom. The maximum Gasteiger partial charge on any atom is 0.275 e. The topological polar surface area (TPSA) is 41.5 Å². The lowest BCUT2D eigenvalue weighted by atomic mass is 10.0. The highest BCUT2D eigenvalue weighted by molar-refractivity contribution is 6.35. The third-order valence-corrected chi connectivity index (χ3v) is 4.27. The maximum absolute atomic E-state index is 12.3. The molecule has 0 radical (unpaired) electrons. The first kappa shape index (κ1) is 14.7. The number of nitrogens with zero attached hydrogens (tertiary/aromatic N) is 1. The summed E-state index contributed by atoms with van der Waals surface area (Å²) in [7, 11) is 0. The summed E-state index contributed by atoms with van der Waals surface area (Å²) in [6.07, 6.45) is 1.81. The number of nitrogens with one attached hydrogen (secondary N) is 1. The fourth-order valence-electron chi connectivity index (χ4n) is 2.77. The number of fused-ring (bicyclic) bond motifs is 1. The fourth-order valence-corrected chi connectivity index (χ4v) is 3.00. The molecule has 1 N–H and O–H groups in total. The Morgan fingerprint density at radius 2 is 1.67 bits per heavy atom. The summed E-state index contributed by atoms with van der Waals surface area (Å²) in [5, 5.41) is 5.56. The first-order valence-electron chi connectivity index (χ1n) is 7.57. The molecule has 24 heavy (non-hydrogen) atoms. The number of aliphatic imine (C=N–C) groups is 1. The van der Waals surface area contributed by atoms with Crippen molar-refractivity contribution in [3.63, 3.8) is 0 Å². The molecule has 0 fully saturated rings. The summed E-state index contributed by atoms with van der Waals surface area (Å²) < 4.78 is 0. The van der Waals surface area contributed by atoms with E-state index in [-0.39, 0.29) is 5.91 Å². The second-order valence-electron chi connectivity index (χ2n) is 5.49. The minimum Gasteiger partial charge on any atom is -0.305 e. The Labute approximate surface area is 144 Å². The zero-order valence-corrected chi connectivity index (χ0v) is 13.4. The van der Waals surface area contributed by atoms with Crippen LogP contribution in [-0.2, 0) is 4.79 Å². The van der Waals surface area contributed by atoms with Gasteiger partial charge in [0.2, 0.25) is 0 Å². The van der Waals surface area contributed by atoms with Crippen LogP contribution in [0.2, 0.25) is 5.02 Å². The van der Waals surface area contributed by atoms with Gasteiger partial charge < -0.3 is 5.32 Å². The second-order valence-corrected chi connectivity index (χ2v) is 5.90. The Morgan fingerprint density at radius 3 is 2.54 bits per heavy atom. The first-order valence-corrected chi connectivity index (χ1v) is 7.94. The molecule has 3 aromatic carbocycles. The van der Waals surface area contributed by atoms with Crippen LogP contribution in [0.25, 0.3) is 16.8 Å². The van der Waals surface area contributed by atoms with Crippen LogP contribution in [0.15, 0.2) is 77.4 Å². The molecule has 0 saturated carbocycles. The lowest BCUT2D eigenvalue weighted by Gasteiger charge is -2.02. The highest BCUT2D eigenvalue weighted by Gasteiger charge is 2.22. The predicted octanol–water partition coefficient (Wildman–Crippen LogP) is 4.41. The van der Waals surface area contributed by atoms with Crippen molar-refractivity contribution >= 4 is 40.2 Å². The highest BCUT2D eigenvalue weighted by Crippen LogP contribution is 2.24. The van der Waals surface area contributed by atoms with Crippen molar-refractivity contribution in [2.45, 2.75) is 0 Å². The van der Waals surface area contributed by atoms with Crippen molar-refractivity contribution in [2.24, 2.45) is 4.99 Å². The van der Waals surface area contributed by atoms with Crippen LogP contribution >= 0.6 is 11.6 Å². The largest absolute Gasteiger partial charge is 0.305 e. The number of benzene rings is 3. The van der Waals surface area contributed by atoms with Crippen molar-refractivity contribution in [1.82, 2.24) is 5.32 Å². The number of amidine groups is 1. The summed E-state index contributed by atoms with van der Waals surface area (Å²) in [6, 6.07) is 21.4. The Bertz CT molecular complexity index is 1020. The number of hydrogen-bond acceptors (Lipinski definition) is 2. The number of carbonyl (C=O) groups is 1. The summed E-state index contributed by atoms with van der Waals surface area (Å²) >= 11 is 6.19.